The number of para-hydroxylation sites is 1. The van der Waals surface area contributed by atoms with E-state index in [1.165, 1.54) is 11.0 Å². The minimum Gasteiger partial charge on any atom is -0.496 e. The molecule has 7 heteroatoms. The Morgan fingerprint density at radius 2 is 1.72 bits per heavy atom. The third kappa shape index (κ3) is 3.93. The monoisotopic (exact) mass is 437 g/mol. The third-order valence-corrected chi connectivity index (χ3v) is 5.78. The molecular weight excluding hydrogens is 416 g/mol. The van der Waals surface area contributed by atoms with Crippen LogP contribution in [0.25, 0.3) is 11.1 Å². The Labute approximate surface area is 183 Å². The van der Waals surface area contributed by atoms with Crippen molar-refractivity contribution in [2.24, 2.45) is 0 Å². The van der Waals surface area contributed by atoms with E-state index in [1.807, 2.05) is 24.3 Å². The van der Waals surface area contributed by atoms with Gasteiger partial charge in [0.2, 0.25) is 0 Å². The number of carbonyl (C=O) groups excluding carboxylic acids is 1. The first-order valence-electron chi connectivity index (χ1n) is 10.1. The Hall–Kier alpha value is -3.74. The van der Waals surface area contributed by atoms with Gasteiger partial charge in [-0.1, -0.05) is 36.4 Å². The normalized spacial score (nSPS) is 17.9. The fourth-order valence-corrected chi connectivity index (χ4v) is 4.24. The van der Waals surface area contributed by atoms with Gasteiger partial charge in [-0.25, -0.2) is 13.6 Å². The number of carbonyl (C=O) groups is 2. The fraction of sp³-hybridized carbons (Fsp3) is 0.200. The van der Waals surface area contributed by atoms with Crippen molar-refractivity contribution in [1.82, 2.24) is 4.90 Å². The largest absolute Gasteiger partial charge is 0.496 e. The van der Waals surface area contributed by atoms with Crippen molar-refractivity contribution < 1.29 is 28.2 Å². The van der Waals surface area contributed by atoms with Crippen molar-refractivity contribution in [3.63, 3.8) is 0 Å². The topological polar surface area (TPSA) is 66.8 Å². The Kier molecular flexibility index (Phi) is 5.90. The number of hydrogen-bond acceptors (Lipinski definition) is 3. The van der Waals surface area contributed by atoms with Crippen LogP contribution in [0.1, 0.15) is 34.8 Å². The summed E-state index contributed by atoms with van der Waals surface area (Å²) < 4.78 is 33.2. The lowest BCUT2D eigenvalue weighted by atomic mass is 10.0. The second-order valence-corrected chi connectivity index (χ2v) is 7.60. The smallest absolute Gasteiger partial charge is 0.326 e. The molecule has 2 atom stereocenters. The zero-order valence-electron chi connectivity index (χ0n) is 17.3. The van der Waals surface area contributed by atoms with E-state index < -0.39 is 35.6 Å². The SMILES string of the molecule is COc1ccccc1-c1ccc(C(=O)N2[C@@H](c3ccc(F)cc3F)CC[C@H]2C(=O)O)cc1. The van der Waals surface area contributed by atoms with Gasteiger partial charge in [-0.05, 0) is 42.7 Å². The van der Waals surface area contributed by atoms with Crippen molar-refractivity contribution in [2.45, 2.75) is 24.9 Å². The molecule has 1 fully saturated rings. The van der Waals surface area contributed by atoms with Crippen LogP contribution in [0.3, 0.4) is 0 Å². The summed E-state index contributed by atoms with van der Waals surface area (Å²) in [5, 5.41) is 9.65. The predicted octanol–water partition coefficient (Wildman–Crippen LogP) is 5.07. The number of benzene rings is 3. The molecule has 3 aromatic carbocycles. The Bertz CT molecular complexity index is 1160. The molecule has 1 aliphatic rings. The van der Waals surface area contributed by atoms with Crippen LogP contribution in [0, 0.1) is 11.6 Å². The summed E-state index contributed by atoms with van der Waals surface area (Å²) >= 11 is 0. The van der Waals surface area contributed by atoms with Crippen molar-refractivity contribution in [3.05, 3.63) is 89.5 Å². The van der Waals surface area contributed by atoms with Gasteiger partial charge in [0.25, 0.3) is 5.91 Å². The number of likely N-dealkylation sites (tertiary alicyclic amines) is 1. The number of ether oxygens (including phenoxy) is 1. The number of methoxy groups -OCH3 is 1. The molecule has 0 aromatic heterocycles. The summed E-state index contributed by atoms with van der Waals surface area (Å²) in [6.07, 6.45) is 0.451. The fourth-order valence-electron chi connectivity index (χ4n) is 4.24. The highest BCUT2D eigenvalue weighted by atomic mass is 19.1. The molecule has 0 unspecified atom stereocenters. The van der Waals surface area contributed by atoms with Crippen molar-refractivity contribution in [2.75, 3.05) is 7.11 Å². The molecule has 32 heavy (non-hydrogen) atoms. The number of amides is 1. The van der Waals surface area contributed by atoms with E-state index in [4.69, 9.17) is 4.74 Å². The standard InChI is InChI=1S/C25H21F2NO4/c1-32-23-5-3-2-4-18(23)15-6-8-16(9-7-15)24(29)28-21(12-13-22(28)25(30)31)19-11-10-17(26)14-20(19)27/h2-11,14,21-22H,12-13H2,1H3,(H,30,31)/t21-,22+/m1/s1. The van der Waals surface area contributed by atoms with Gasteiger partial charge in [-0.2, -0.15) is 0 Å². The number of hydrogen-bond donors (Lipinski definition) is 1. The molecule has 5 nitrogen and oxygen atoms in total. The molecule has 1 N–H and O–H groups in total. The van der Waals surface area contributed by atoms with E-state index in [0.717, 1.165) is 23.3 Å². The first-order valence-corrected chi connectivity index (χ1v) is 10.1. The van der Waals surface area contributed by atoms with Gasteiger partial charge < -0.3 is 14.7 Å². The lowest BCUT2D eigenvalue weighted by molar-refractivity contribution is -0.141. The maximum atomic E-state index is 14.4. The highest BCUT2D eigenvalue weighted by Crippen LogP contribution is 2.39. The van der Waals surface area contributed by atoms with Crippen LogP contribution in [0.4, 0.5) is 8.78 Å². The van der Waals surface area contributed by atoms with Crippen LogP contribution in [0.5, 0.6) is 5.75 Å². The predicted molar refractivity (Wildman–Crippen MR) is 114 cm³/mol. The summed E-state index contributed by atoms with van der Waals surface area (Å²) in [5.74, 6) is -2.53. The Morgan fingerprint density at radius 3 is 2.38 bits per heavy atom. The highest BCUT2D eigenvalue weighted by molar-refractivity contribution is 5.97. The van der Waals surface area contributed by atoms with E-state index in [9.17, 15) is 23.5 Å². The number of rotatable bonds is 5. The molecule has 0 spiro atoms. The minimum atomic E-state index is -1.16. The lowest BCUT2D eigenvalue weighted by Gasteiger charge is -2.29. The van der Waals surface area contributed by atoms with E-state index in [-0.39, 0.29) is 24.0 Å². The lowest BCUT2D eigenvalue weighted by Crippen LogP contribution is -2.42. The van der Waals surface area contributed by atoms with Crippen LogP contribution >= 0.6 is 0 Å². The van der Waals surface area contributed by atoms with Gasteiger partial charge in [0.05, 0.1) is 13.2 Å². The number of nitrogens with zero attached hydrogens (tertiary/aromatic N) is 1. The molecular formula is C25H21F2NO4. The van der Waals surface area contributed by atoms with E-state index in [1.54, 1.807) is 31.4 Å². The van der Waals surface area contributed by atoms with Gasteiger partial charge in [0.15, 0.2) is 0 Å². The molecule has 1 heterocycles. The van der Waals surface area contributed by atoms with Gasteiger partial charge in [0.1, 0.15) is 23.4 Å². The first kappa shape index (κ1) is 21.5. The third-order valence-electron chi connectivity index (χ3n) is 5.78. The second-order valence-electron chi connectivity index (χ2n) is 7.60. The Morgan fingerprint density at radius 1 is 1.00 bits per heavy atom. The van der Waals surface area contributed by atoms with E-state index >= 15 is 0 Å². The molecule has 3 aromatic rings. The van der Waals surface area contributed by atoms with Crippen LogP contribution in [-0.2, 0) is 4.79 Å². The zero-order chi connectivity index (χ0) is 22.8. The molecule has 0 radical (unpaired) electrons. The van der Waals surface area contributed by atoms with Crippen LogP contribution < -0.4 is 4.74 Å². The molecule has 1 aliphatic heterocycles. The average Bonchev–Trinajstić information content (AvgIpc) is 3.24. The summed E-state index contributed by atoms with van der Waals surface area (Å²) in [7, 11) is 1.57. The molecule has 1 saturated heterocycles. The second kappa shape index (κ2) is 8.78. The summed E-state index contributed by atoms with van der Waals surface area (Å²) in [6.45, 7) is 0. The maximum Gasteiger partial charge on any atom is 0.326 e. The molecule has 164 valence electrons. The van der Waals surface area contributed by atoms with Crippen LogP contribution in [-0.4, -0.2) is 35.0 Å². The molecule has 0 saturated carbocycles. The zero-order valence-corrected chi connectivity index (χ0v) is 17.3. The number of carboxylic acids is 1. The molecule has 0 aliphatic carbocycles. The van der Waals surface area contributed by atoms with Gasteiger partial charge in [0, 0.05) is 22.8 Å². The number of carboxylic acid groups (broad SMARTS) is 1. The van der Waals surface area contributed by atoms with Crippen molar-refractivity contribution >= 4 is 11.9 Å². The van der Waals surface area contributed by atoms with E-state index in [2.05, 4.69) is 0 Å². The van der Waals surface area contributed by atoms with Gasteiger partial charge >= 0.3 is 5.97 Å². The summed E-state index contributed by atoms with van der Waals surface area (Å²) in [6, 6.07) is 15.4. The summed E-state index contributed by atoms with van der Waals surface area (Å²) in [4.78, 5) is 26.3. The quantitative estimate of drug-likeness (QED) is 0.605. The highest BCUT2D eigenvalue weighted by Gasteiger charge is 2.42. The summed E-state index contributed by atoms with van der Waals surface area (Å²) in [5.41, 5.74) is 2.07. The van der Waals surface area contributed by atoms with Crippen LogP contribution in [0.2, 0.25) is 0 Å². The van der Waals surface area contributed by atoms with Crippen molar-refractivity contribution in [3.8, 4) is 16.9 Å². The van der Waals surface area contributed by atoms with Gasteiger partial charge in [-0.15, -0.1) is 0 Å². The van der Waals surface area contributed by atoms with E-state index in [0.29, 0.717) is 5.75 Å². The maximum absolute atomic E-state index is 14.4. The average molecular weight is 437 g/mol. The molecule has 0 bridgehead atoms. The number of aliphatic carboxylic acids is 1. The first-order chi connectivity index (χ1) is 15.4. The minimum absolute atomic E-state index is 0.106. The number of halogens is 2. The molecule has 1 amide bonds. The Balaban J connectivity index is 1.68. The van der Waals surface area contributed by atoms with Crippen molar-refractivity contribution in [1.29, 1.82) is 0 Å². The molecule has 4 rings (SSSR count). The van der Waals surface area contributed by atoms with Crippen LogP contribution in [0.15, 0.2) is 66.7 Å². The van der Waals surface area contributed by atoms with Gasteiger partial charge in [-0.3, -0.25) is 4.79 Å².